The van der Waals surface area contributed by atoms with E-state index in [4.69, 9.17) is 19.9 Å². The molecule has 2 N–H and O–H groups in total. The maximum atomic E-state index is 12.3. The van der Waals surface area contributed by atoms with Gasteiger partial charge in [-0.3, -0.25) is 4.79 Å². The Morgan fingerprint density at radius 2 is 1.79 bits per heavy atom. The van der Waals surface area contributed by atoms with E-state index in [1.54, 1.807) is 54.4 Å². The van der Waals surface area contributed by atoms with Crippen LogP contribution in [0.1, 0.15) is 39.9 Å². The second kappa shape index (κ2) is 7.78. The minimum absolute atomic E-state index is 0.107. The Kier molecular flexibility index (Phi) is 5.33. The Balaban J connectivity index is 1.52. The first-order valence-corrected chi connectivity index (χ1v) is 10.3. The largest absolute Gasteiger partial charge is 0.461 e. The van der Waals surface area contributed by atoms with E-state index >= 15 is 0 Å². The molecule has 0 unspecified atom stereocenters. The lowest BCUT2D eigenvalue weighted by Crippen LogP contribution is -2.44. The second-order valence-corrected chi connectivity index (χ2v) is 8.86. The molecule has 0 bridgehead atoms. The van der Waals surface area contributed by atoms with Crippen LogP contribution in [0.3, 0.4) is 0 Å². The van der Waals surface area contributed by atoms with Gasteiger partial charge < -0.3 is 19.9 Å². The van der Waals surface area contributed by atoms with Crippen LogP contribution in [0.15, 0.2) is 54.9 Å². The minimum Gasteiger partial charge on any atom is -0.461 e. The van der Waals surface area contributed by atoms with Crippen LogP contribution in [0.25, 0.3) is 0 Å². The van der Waals surface area contributed by atoms with E-state index in [1.165, 1.54) is 0 Å². The zero-order valence-electron chi connectivity index (χ0n) is 16.2. The number of carbonyl (C=O) groups is 2. The number of pyridine rings is 1. The minimum atomic E-state index is -0.738. The standard InChI is InChI=1S/C21H22N2O5S/c1-21(2)27-16-15(12-26-20(25)13-7-4-3-5-8-13)29-19(17(16)28-21)23-10-6-9-14(11-23)18(22)24/h3-11,15-17,19H,12H2,1-2H3,(H-,22,24)/p+1/t15-,16-,17-,19-/m1/s1. The van der Waals surface area contributed by atoms with Crippen molar-refractivity contribution < 1.29 is 28.4 Å². The van der Waals surface area contributed by atoms with Crippen LogP contribution in [0.4, 0.5) is 0 Å². The Bertz CT molecular complexity index is 920. The first kappa shape index (κ1) is 19.9. The van der Waals surface area contributed by atoms with Crippen molar-refractivity contribution in [1.29, 1.82) is 0 Å². The number of ether oxygens (including phenoxy) is 3. The van der Waals surface area contributed by atoms with E-state index in [2.05, 4.69) is 0 Å². The van der Waals surface area contributed by atoms with Gasteiger partial charge in [0.05, 0.1) is 10.8 Å². The summed E-state index contributed by atoms with van der Waals surface area (Å²) in [4.78, 5) is 23.9. The van der Waals surface area contributed by atoms with Gasteiger partial charge in [0.2, 0.25) is 5.37 Å². The molecule has 4 rings (SSSR count). The van der Waals surface area contributed by atoms with Gasteiger partial charge in [-0.15, -0.1) is 0 Å². The predicted molar refractivity (Wildman–Crippen MR) is 106 cm³/mol. The number of esters is 1. The van der Waals surface area contributed by atoms with Gasteiger partial charge in [-0.1, -0.05) is 30.0 Å². The van der Waals surface area contributed by atoms with Crippen molar-refractivity contribution in [2.75, 3.05) is 6.61 Å². The Hall–Kier alpha value is -2.42. The summed E-state index contributed by atoms with van der Waals surface area (Å²) in [6.45, 7) is 3.93. The van der Waals surface area contributed by atoms with Crippen molar-refractivity contribution in [3.05, 3.63) is 66.0 Å². The summed E-state index contributed by atoms with van der Waals surface area (Å²) in [5.41, 5.74) is 6.35. The zero-order valence-corrected chi connectivity index (χ0v) is 17.0. The highest BCUT2D eigenvalue weighted by molar-refractivity contribution is 8.00. The molecule has 2 aliphatic heterocycles. The van der Waals surface area contributed by atoms with E-state index in [0.717, 1.165) is 0 Å². The highest BCUT2D eigenvalue weighted by Crippen LogP contribution is 2.48. The number of primary amides is 1. The lowest BCUT2D eigenvalue weighted by molar-refractivity contribution is -0.706. The number of carbonyl (C=O) groups excluding carboxylic acids is 2. The summed E-state index contributed by atoms with van der Waals surface area (Å²) in [5, 5.41) is -0.245. The molecule has 2 aromatic rings. The van der Waals surface area contributed by atoms with Crippen molar-refractivity contribution in [2.45, 2.75) is 42.5 Å². The lowest BCUT2D eigenvalue weighted by atomic mass is 10.1. The lowest BCUT2D eigenvalue weighted by Gasteiger charge is -2.22. The van der Waals surface area contributed by atoms with E-state index in [9.17, 15) is 9.59 Å². The molecule has 0 saturated carbocycles. The third kappa shape index (κ3) is 4.14. The molecule has 2 aliphatic rings. The summed E-state index contributed by atoms with van der Waals surface area (Å²) in [6, 6.07) is 12.3. The fraction of sp³-hybridized carbons (Fsp3) is 0.381. The smallest absolute Gasteiger partial charge is 0.338 e. The number of amides is 1. The highest BCUT2D eigenvalue weighted by Gasteiger charge is 2.58. The highest BCUT2D eigenvalue weighted by atomic mass is 32.2. The van der Waals surface area contributed by atoms with E-state index in [1.807, 2.05) is 30.7 Å². The molecule has 2 fully saturated rings. The van der Waals surface area contributed by atoms with Gasteiger partial charge in [-0.2, -0.15) is 4.57 Å². The van der Waals surface area contributed by atoms with Gasteiger partial charge >= 0.3 is 5.97 Å². The Morgan fingerprint density at radius 3 is 2.52 bits per heavy atom. The van der Waals surface area contributed by atoms with E-state index in [0.29, 0.717) is 11.1 Å². The predicted octanol–water partition coefficient (Wildman–Crippen LogP) is 2.06. The molecule has 152 valence electrons. The molecule has 8 heteroatoms. The van der Waals surface area contributed by atoms with Gasteiger partial charge in [0.25, 0.3) is 5.91 Å². The van der Waals surface area contributed by atoms with Crippen molar-refractivity contribution >= 4 is 23.6 Å². The summed E-state index contributed by atoms with van der Waals surface area (Å²) in [6.07, 6.45) is 3.09. The van der Waals surface area contributed by atoms with Gasteiger partial charge in [0.15, 0.2) is 24.3 Å². The fourth-order valence-corrected chi connectivity index (χ4v) is 5.15. The molecule has 7 nitrogen and oxygen atoms in total. The molecule has 1 aromatic carbocycles. The molecule has 0 aliphatic carbocycles. The van der Waals surface area contributed by atoms with Crippen LogP contribution >= 0.6 is 11.8 Å². The normalized spacial score (nSPS) is 27.4. The molecule has 29 heavy (non-hydrogen) atoms. The van der Waals surface area contributed by atoms with Gasteiger partial charge in [0, 0.05) is 6.07 Å². The molecule has 2 saturated heterocycles. The SMILES string of the molecule is CC1(C)O[C@@H]2[C@H](O1)[C@@H](COC(=O)c1ccccc1)S[C@H]2[n+]1cccc(C(N)=O)c1. The number of aromatic nitrogens is 1. The molecular formula is C21H23N2O5S+. The van der Waals surface area contributed by atoms with Crippen molar-refractivity contribution in [1.82, 2.24) is 0 Å². The summed E-state index contributed by atoms with van der Waals surface area (Å²) >= 11 is 1.60. The van der Waals surface area contributed by atoms with Crippen LogP contribution in [-0.2, 0) is 14.2 Å². The number of benzene rings is 1. The number of rotatable bonds is 5. The van der Waals surface area contributed by atoms with Crippen LogP contribution in [-0.4, -0.2) is 41.7 Å². The summed E-state index contributed by atoms with van der Waals surface area (Å²) in [5.74, 6) is -1.60. The Morgan fingerprint density at radius 1 is 1.10 bits per heavy atom. The molecule has 4 atom stereocenters. The number of hydrogen-bond acceptors (Lipinski definition) is 6. The van der Waals surface area contributed by atoms with Crippen molar-refractivity contribution in [3.8, 4) is 0 Å². The molecule has 0 spiro atoms. The van der Waals surface area contributed by atoms with Gasteiger partial charge in [0.1, 0.15) is 18.3 Å². The first-order valence-electron chi connectivity index (χ1n) is 9.38. The number of nitrogens with zero attached hydrogens (tertiary/aromatic N) is 1. The topological polar surface area (TPSA) is 91.7 Å². The molecule has 3 heterocycles. The van der Waals surface area contributed by atoms with Gasteiger partial charge in [-0.05, 0) is 32.0 Å². The Labute approximate surface area is 173 Å². The van der Waals surface area contributed by atoms with Crippen LogP contribution < -0.4 is 10.3 Å². The van der Waals surface area contributed by atoms with Crippen molar-refractivity contribution in [2.24, 2.45) is 5.73 Å². The second-order valence-electron chi connectivity index (χ2n) is 7.50. The molecule has 1 aromatic heterocycles. The maximum Gasteiger partial charge on any atom is 0.338 e. The monoisotopic (exact) mass is 415 g/mol. The molecular weight excluding hydrogens is 392 g/mol. The van der Waals surface area contributed by atoms with Crippen LogP contribution in [0.2, 0.25) is 0 Å². The fourth-order valence-electron chi connectivity index (χ4n) is 3.65. The third-order valence-corrected chi connectivity index (χ3v) is 6.46. The van der Waals surface area contributed by atoms with Gasteiger partial charge in [-0.25, -0.2) is 4.79 Å². The summed E-state index contributed by atoms with van der Waals surface area (Å²) < 4.78 is 19.7. The summed E-state index contributed by atoms with van der Waals surface area (Å²) in [7, 11) is 0. The maximum absolute atomic E-state index is 12.3. The van der Waals surface area contributed by atoms with E-state index in [-0.39, 0.29) is 35.4 Å². The van der Waals surface area contributed by atoms with Crippen molar-refractivity contribution in [3.63, 3.8) is 0 Å². The number of fused-ring (bicyclic) bond motifs is 1. The van der Waals surface area contributed by atoms with Crippen LogP contribution in [0.5, 0.6) is 0 Å². The average molecular weight is 415 g/mol. The van der Waals surface area contributed by atoms with Crippen LogP contribution in [0, 0.1) is 0 Å². The molecule has 0 radical (unpaired) electrons. The number of thioether (sulfide) groups is 1. The molecule has 1 amide bonds. The average Bonchev–Trinajstić information content (AvgIpc) is 3.20. The zero-order chi connectivity index (χ0) is 20.6. The third-order valence-electron chi connectivity index (χ3n) is 4.91. The van der Waals surface area contributed by atoms with E-state index < -0.39 is 11.7 Å². The quantitative estimate of drug-likeness (QED) is 0.594. The number of nitrogens with two attached hydrogens (primary N) is 1. The number of hydrogen-bond donors (Lipinski definition) is 1. The first-order chi connectivity index (χ1) is 13.8.